The molecule has 1 amide bonds. The fourth-order valence-corrected chi connectivity index (χ4v) is 4.21. The van der Waals surface area contributed by atoms with Gasteiger partial charge in [-0.2, -0.15) is 0 Å². The fourth-order valence-electron chi connectivity index (χ4n) is 4.21. The number of amides is 1. The number of methoxy groups -OCH3 is 2. The molecule has 7 nitrogen and oxygen atoms in total. The Hall–Kier alpha value is -4.00. The number of para-hydroxylation sites is 2. The van der Waals surface area contributed by atoms with Gasteiger partial charge in [0, 0.05) is 25.1 Å². The summed E-state index contributed by atoms with van der Waals surface area (Å²) in [7, 11) is 3.13. The molecule has 0 saturated carbocycles. The fraction of sp³-hybridized carbons (Fsp3) is 0.310. The lowest BCUT2D eigenvalue weighted by molar-refractivity contribution is 0.0952. The molecule has 1 aromatic heterocycles. The third-order valence-corrected chi connectivity index (χ3v) is 6.03. The lowest BCUT2D eigenvalue weighted by Crippen LogP contribution is -2.25. The Kier molecular flexibility index (Phi) is 8.44. The molecule has 0 bridgehead atoms. The average Bonchev–Trinajstić information content (AvgIpc) is 3.25. The van der Waals surface area contributed by atoms with E-state index >= 15 is 0 Å². The van der Waals surface area contributed by atoms with Gasteiger partial charge < -0.3 is 24.1 Å². The topological polar surface area (TPSA) is 74.6 Å². The van der Waals surface area contributed by atoms with Crippen molar-refractivity contribution in [2.24, 2.45) is 0 Å². The molecule has 1 N–H and O–H groups in total. The number of benzene rings is 3. The van der Waals surface area contributed by atoms with Crippen LogP contribution in [0.5, 0.6) is 17.2 Å². The number of rotatable bonds is 12. The summed E-state index contributed by atoms with van der Waals surface area (Å²) in [5, 5.41) is 2.99. The smallest absolute Gasteiger partial charge is 0.251 e. The molecule has 1 heterocycles. The first-order chi connectivity index (χ1) is 17.6. The van der Waals surface area contributed by atoms with E-state index in [9.17, 15) is 4.79 Å². The Labute approximate surface area is 212 Å². The molecule has 0 spiro atoms. The maximum absolute atomic E-state index is 12.6. The molecule has 0 atom stereocenters. The maximum atomic E-state index is 12.6. The summed E-state index contributed by atoms with van der Waals surface area (Å²) >= 11 is 0. The van der Waals surface area contributed by atoms with Crippen LogP contribution in [0.25, 0.3) is 11.0 Å². The third-order valence-electron chi connectivity index (χ3n) is 6.03. The lowest BCUT2D eigenvalue weighted by atomic mass is 10.2. The van der Waals surface area contributed by atoms with Crippen molar-refractivity contribution < 1.29 is 19.0 Å². The van der Waals surface area contributed by atoms with E-state index in [-0.39, 0.29) is 5.91 Å². The molecule has 3 aromatic carbocycles. The van der Waals surface area contributed by atoms with Gasteiger partial charge in [-0.15, -0.1) is 0 Å². The lowest BCUT2D eigenvalue weighted by Gasteiger charge is -2.12. The Bertz CT molecular complexity index is 1320. The molecule has 0 aliphatic rings. The Morgan fingerprint density at radius 2 is 1.78 bits per heavy atom. The average molecular weight is 488 g/mol. The predicted octanol–water partition coefficient (Wildman–Crippen LogP) is 5.19. The Morgan fingerprint density at radius 3 is 2.58 bits per heavy atom. The van der Waals surface area contributed by atoms with Crippen LogP contribution in [0.3, 0.4) is 0 Å². The van der Waals surface area contributed by atoms with E-state index in [1.165, 1.54) is 5.56 Å². The van der Waals surface area contributed by atoms with Crippen LogP contribution in [0.1, 0.15) is 34.6 Å². The van der Waals surface area contributed by atoms with Crippen LogP contribution in [0.4, 0.5) is 0 Å². The van der Waals surface area contributed by atoms with Crippen molar-refractivity contribution in [1.82, 2.24) is 14.9 Å². The number of nitrogens with one attached hydrogen (secondary N) is 1. The van der Waals surface area contributed by atoms with E-state index in [0.717, 1.165) is 48.4 Å². The Balaban J connectivity index is 1.33. The second-order valence-electron chi connectivity index (χ2n) is 8.62. The minimum absolute atomic E-state index is 0.141. The number of carbonyl (C=O) groups excluding carboxylic acids is 1. The summed E-state index contributed by atoms with van der Waals surface area (Å²) < 4.78 is 18.7. The minimum atomic E-state index is -0.141. The summed E-state index contributed by atoms with van der Waals surface area (Å²) in [5.41, 5.74) is 3.83. The minimum Gasteiger partial charge on any atom is -0.494 e. The quantitative estimate of drug-likeness (QED) is 0.278. The summed E-state index contributed by atoms with van der Waals surface area (Å²) in [6.07, 6.45) is 2.42. The summed E-state index contributed by atoms with van der Waals surface area (Å²) in [4.78, 5) is 17.5. The highest BCUT2D eigenvalue weighted by Crippen LogP contribution is 2.27. The van der Waals surface area contributed by atoms with Gasteiger partial charge in [0.15, 0.2) is 11.5 Å². The predicted molar refractivity (Wildman–Crippen MR) is 141 cm³/mol. The van der Waals surface area contributed by atoms with Gasteiger partial charge in [0.2, 0.25) is 0 Å². The van der Waals surface area contributed by atoms with E-state index in [1.54, 1.807) is 32.4 Å². The highest BCUT2D eigenvalue weighted by atomic mass is 16.5. The number of aromatic nitrogens is 2. The molecule has 0 radical (unpaired) electrons. The van der Waals surface area contributed by atoms with Crippen LogP contribution in [0.15, 0.2) is 66.7 Å². The summed E-state index contributed by atoms with van der Waals surface area (Å²) in [6, 6.07) is 21.5. The highest BCUT2D eigenvalue weighted by Gasteiger charge is 2.12. The van der Waals surface area contributed by atoms with Crippen molar-refractivity contribution in [2.45, 2.75) is 32.7 Å². The third kappa shape index (κ3) is 6.16. The molecule has 4 rings (SSSR count). The van der Waals surface area contributed by atoms with Gasteiger partial charge in [0.1, 0.15) is 11.6 Å². The second-order valence-corrected chi connectivity index (χ2v) is 8.62. The van der Waals surface area contributed by atoms with Crippen molar-refractivity contribution in [1.29, 1.82) is 0 Å². The van der Waals surface area contributed by atoms with Gasteiger partial charge in [-0.3, -0.25) is 4.79 Å². The van der Waals surface area contributed by atoms with Crippen LogP contribution >= 0.6 is 0 Å². The molecule has 0 aliphatic carbocycles. The van der Waals surface area contributed by atoms with E-state index in [0.29, 0.717) is 30.2 Å². The number of carbonyl (C=O) groups is 1. The zero-order valence-corrected chi connectivity index (χ0v) is 21.1. The second kappa shape index (κ2) is 12.1. The zero-order valence-electron chi connectivity index (χ0n) is 21.1. The van der Waals surface area contributed by atoms with Crippen LogP contribution in [-0.2, 0) is 13.0 Å². The maximum Gasteiger partial charge on any atom is 0.251 e. The molecule has 4 aromatic rings. The number of hydrogen-bond donors (Lipinski definition) is 1. The molecule has 36 heavy (non-hydrogen) atoms. The SMILES string of the molecule is COc1ccc(C(=O)NCCCc2nc3ccccc3n2CCCOc2cccc(C)c2)cc1OC. The molecule has 0 fully saturated rings. The van der Waals surface area contributed by atoms with Gasteiger partial charge in [0.05, 0.1) is 31.9 Å². The van der Waals surface area contributed by atoms with E-state index in [2.05, 4.69) is 28.9 Å². The normalized spacial score (nSPS) is 10.9. The van der Waals surface area contributed by atoms with Gasteiger partial charge in [0.25, 0.3) is 5.91 Å². The van der Waals surface area contributed by atoms with Crippen molar-refractivity contribution in [3.63, 3.8) is 0 Å². The highest BCUT2D eigenvalue weighted by molar-refractivity contribution is 5.94. The number of imidazole rings is 1. The monoisotopic (exact) mass is 487 g/mol. The van der Waals surface area contributed by atoms with Gasteiger partial charge in [-0.1, -0.05) is 24.3 Å². The standard InChI is InChI=1S/C29H33N3O4/c1-21-9-6-10-23(19-21)36-18-8-17-32-25-12-5-4-11-24(25)31-28(32)13-7-16-30-29(33)22-14-15-26(34-2)27(20-22)35-3/h4-6,9-12,14-15,19-20H,7-8,13,16-18H2,1-3H3,(H,30,33). The largest absolute Gasteiger partial charge is 0.494 e. The van der Waals surface area contributed by atoms with Crippen molar-refractivity contribution in [3.05, 3.63) is 83.7 Å². The van der Waals surface area contributed by atoms with Crippen molar-refractivity contribution >= 4 is 16.9 Å². The first-order valence-corrected chi connectivity index (χ1v) is 12.2. The van der Waals surface area contributed by atoms with Gasteiger partial charge in [-0.05, 0) is 67.8 Å². The van der Waals surface area contributed by atoms with Gasteiger partial charge in [-0.25, -0.2) is 4.98 Å². The van der Waals surface area contributed by atoms with E-state index < -0.39 is 0 Å². The van der Waals surface area contributed by atoms with Crippen molar-refractivity contribution in [2.75, 3.05) is 27.4 Å². The number of nitrogens with zero attached hydrogens (tertiary/aromatic N) is 2. The summed E-state index contributed by atoms with van der Waals surface area (Å²) in [5.74, 6) is 2.91. The number of ether oxygens (including phenoxy) is 3. The zero-order chi connectivity index (χ0) is 25.3. The van der Waals surface area contributed by atoms with E-state index in [4.69, 9.17) is 19.2 Å². The first-order valence-electron chi connectivity index (χ1n) is 12.2. The van der Waals surface area contributed by atoms with Crippen LogP contribution in [0, 0.1) is 6.92 Å². The number of fused-ring (bicyclic) bond motifs is 1. The molecule has 0 unspecified atom stereocenters. The van der Waals surface area contributed by atoms with Crippen LogP contribution in [0.2, 0.25) is 0 Å². The number of aryl methyl sites for hydroxylation is 3. The van der Waals surface area contributed by atoms with Crippen LogP contribution in [-0.4, -0.2) is 42.8 Å². The van der Waals surface area contributed by atoms with Crippen LogP contribution < -0.4 is 19.5 Å². The molecule has 188 valence electrons. The molecular formula is C29H33N3O4. The first kappa shape index (κ1) is 25.1. The summed E-state index contributed by atoms with van der Waals surface area (Å²) in [6.45, 7) is 4.07. The molecule has 7 heteroatoms. The Morgan fingerprint density at radius 1 is 0.944 bits per heavy atom. The molecular weight excluding hydrogens is 454 g/mol. The molecule has 0 saturated heterocycles. The molecule has 0 aliphatic heterocycles. The number of hydrogen-bond acceptors (Lipinski definition) is 5. The van der Waals surface area contributed by atoms with Gasteiger partial charge >= 0.3 is 0 Å². The van der Waals surface area contributed by atoms with E-state index in [1.807, 2.05) is 36.4 Å². The van der Waals surface area contributed by atoms with Crippen molar-refractivity contribution in [3.8, 4) is 17.2 Å².